The summed E-state index contributed by atoms with van der Waals surface area (Å²) in [6, 6.07) is 0. The van der Waals surface area contributed by atoms with Crippen molar-refractivity contribution >= 4 is 17.7 Å². The number of aromatic nitrogens is 2. The molecule has 1 rings (SSSR count). The molecule has 1 unspecified atom stereocenters. The number of carbonyl (C=O) groups excluding carboxylic acids is 2. The van der Waals surface area contributed by atoms with Gasteiger partial charge in [-0.3, -0.25) is 9.59 Å². The van der Waals surface area contributed by atoms with E-state index in [2.05, 4.69) is 9.72 Å². The Bertz CT molecular complexity index is 527. The van der Waals surface area contributed by atoms with Gasteiger partial charge in [0.25, 0.3) is 0 Å². The number of ether oxygens (including phenoxy) is 1. The van der Waals surface area contributed by atoms with Crippen LogP contribution in [0.25, 0.3) is 0 Å². The first kappa shape index (κ1) is 16.6. The predicted molar refractivity (Wildman–Crippen MR) is 72.3 cm³/mol. The molecule has 0 bridgehead atoms. The molecule has 1 atom stereocenters. The van der Waals surface area contributed by atoms with Crippen molar-refractivity contribution in [2.24, 2.45) is 5.92 Å². The average Bonchev–Trinajstić information content (AvgIpc) is 2.92. The van der Waals surface area contributed by atoms with Gasteiger partial charge in [-0.2, -0.15) is 0 Å². The van der Waals surface area contributed by atoms with Crippen molar-refractivity contribution in [3.63, 3.8) is 0 Å². The summed E-state index contributed by atoms with van der Waals surface area (Å²) in [6.07, 6.45) is 2.74. The van der Waals surface area contributed by atoms with Crippen molar-refractivity contribution in [1.29, 1.82) is 0 Å². The van der Waals surface area contributed by atoms with E-state index in [4.69, 9.17) is 0 Å². The molecule has 1 aromatic heterocycles. The van der Waals surface area contributed by atoms with Crippen LogP contribution in [-0.2, 0) is 20.9 Å². The standard InChI is InChI=1S/C12H18N4O5/c1-9(12(18)21-3)6-14(2)11(17)4-5-15-7-10(13-8-15)16(19)20/h7-9H,4-6H2,1-3H3. The van der Waals surface area contributed by atoms with Gasteiger partial charge in [0, 0.05) is 26.6 Å². The van der Waals surface area contributed by atoms with Crippen molar-refractivity contribution in [1.82, 2.24) is 14.5 Å². The van der Waals surface area contributed by atoms with Gasteiger partial charge in [0.15, 0.2) is 0 Å². The number of hydrogen-bond donors (Lipinski definition) is 0. The van der Waals surface area contributed by atoms with Gasteiger partial charge in [0.2, 0.25) is 12.2 Å². The van der Waals surface area contributed by atoms with E-state index in [1.165, 1.54) is 29.1 Å². The lowest BCUT2D eigenvalue weighted by Gasteiger charge is -2.20. The molecule has 0 saturated carbocycles. The average molecular weight is 298 g/mol. The summed E-state index contributed by atoms with van der Waals surface area (Å²) < 4.78 is 6.07. The zero-order valence-electron chi connectivity index (χ0n) is 12.2. The van der Waals surface area contributed by atoms with Crippen LogP contribution < -0.4 is 0 Å². The number of amides is 1. The van der Waals surface area contributed by atoms with Crippen LogP contribution in [0.15, 0.2) is 12.5 Å². The van der Waals surface area contributed by atoms with E-state index < -0.39 is 10.8 Å². The number of aryl methyl sites for hydroxylation is 1. The van der Waals surface area contributed by atoms with Crippen LogP contribution >= 0.6 is 0 Å². The molecular weight excluding hydrogens is 280 g/mol. The van der Waals surface area contributed by atoms with E-state index in [0.717, 1.165) is 0 Å². The maximum Gasteiger partial charge on any atom is 0.381 e. The van der Waals surface area contributed by atoms with Gasteiger partial charge in [0.05, 0.1) is 13.0 Å². The van der Waals surface area contributed by atoms with Crippen molar-refractivity contribution in [3.05, 3.63) is 22.6 Å². The number of nitrogens with zero attached hydrogens (tertiary/aromatic N) is 4. The van der Waals surface area contributed by atoms with Gasteiger partial charge in [-0.15, -0.1) is 0 Å². The molecule has 9 heteroatoms. The lowest BCUT2D eigenvalue weighted by molar-refractivity contribution is -0.389. The molecule has 0 aromatic carbocycles. The van der Waals surface area contributed by atoms with Crippen LogP contribution in [0.3, 0.4) is 0 Å². The molecule has 0 aliphatic heterocycles. The second kappa shape index (κ2) is 7.36. The highest BCUT2D eigenvalue weighted by Gasteiger charge is 2.19. The monoisotopic (exact) mass is 298 g/mol. The van der Waals surface area contributed by atoms with Gasteiger partial charge in [-0.05, 0) is 9.91 Å². The first-order valence-electron chi connectivity index (χ1n) is 6.33. The molecule has 9 nitrogen and oxygen atoms in total. The molecule has 0 saturated heterocycles. The summed E-state index contributed by atoms with van der Waals surface area (Å²) in [6.45, 7) is 2.22. The fourth-order valence-corrected chi connectivity index (χ4v) is 1.77. The number of rotatable bonds is 7. The van der Waals surface area contributed by atoms with Crippen LogP contribution in [0.4, 0.5) is 5.82 Å². The molecule has 1 aromatic rings. The van der Waals surface area contributed by atoms with Crippen molar-refractivity contribution in [3.8, 4) is 0 Å². The Kier molecular flexibility index (Phi) is 5.82. The predicted octanol–water partition coefficient (Wildman–Crippen LogP) is 0.449. The number of esters is 1. The third-order valence-electron chi connectivity index (χ3n) is 2.97. The molecular formula is C12H18N4O5. The Morgan fingerprint density at radius 1 is 1.57 bits per heavy atom. The summed E-state index contributed by atoms with van der Waals surface area (Å²) in [5.74, 6) is -1.20. The van der Waals surface area contributed by atoms with E-state index in [9.17, 15) is 19.7 Å². The highest BCUT2D eigenvalue weighted by molar-refractivity contribution is 5.77. The Labute approximate surface area is 121 Å². The van der Waals surface area contributed by atoms with Crippen molar-refractivity contribution in [2.75, 3.05) is 20.7 Å². The van der Waals surface area contributed by atoms with E-state index in [-0.39, 0.29) is 37.2 Å². The molecule has 116 valence electrons. The highest BCUT2D eigenvalue weighted by atomic mass is 16.6. The Morgan fingerprint density at radius 2 is 2.24 bits per heavy atom. The summed E-state index contributed by atoms with van der Waals surface area (Å²) in [7, 11) is 2.89. The van der Waals surface area contributed by atoms with Crippen molar-refractivity contribution < 1.29 is 19.2 Å². The quantitative estimate of drug-likeness (QED) is 0.411. The largest absolute Gasteiger partial charge is 0.469 e. The van der Waals surface area contributed by atoms with Gasteiger partial charge >= 0.3 is 11.8 Å². The third kappa shape index (κ3) is 4.86. The Morgan fingerprint density at radius 3 is 2.76 bits per heavy atom. The molecule has 1 heterocycles. The van der Waals surface area contributed by atoms with Gasteiger partial charge in [0.1, 0.15) is 6.20 Å². The maximum atomic E-state index is 11.9. The van der Waals surface area contributed by atoms with E-state index in [1.807, 2.05) is 0 Å². The molecule has 0 N–H and O–H groups in total. The van der Waals surface area contributed by atoms with Crippen LogP contribution in [0.1, 0.15) is 13.3 Å². The fourth-order valence-electron chi connectivity index (χ4n) is 1.77. The minimum Gasteiger partial charge on any atom is -0.469 e. The minimum absolute atomic E-state index is 0.165. The SMILES string of the molecule is COC(=O)C(C)CN(C)C(=O)CCn1cnc([N+](=O)[O-])c1. The smallest absolute Gasteiger partial charge is 0.381 e. The zero-order chi connectivity index (χ0) is 16.0. The fraction of sp³-hybridized carbons (Fsp3) is 0.583. The van der Waals surface area contributed by atoms with Crippen LogP contribution in [-0.4, -0.2) is 52.0 Å². The number of nitro groups is 1. The van der Waals surface area contributed by atoms with Crippen LogP contribution in [0, 0.1) is 16.0 Å². The highest BCUT2D eigenvalue weighted by Crippen LogP contribution is 2.07. The summed E-state index contributed by atoms with van der Waals surface area (Å²) in [5, 5.41) is 10.5. The summed E-state index contributed by atoms with van der Waals surface area (Å²) in [4.78, 5) is 38.1. The number of imidazole rings is 1. The molecule has 0 aliphatic rings. The van der Waals surface area contributed by atoms with Gasteiger partial charge in [-0.1, -0.05) is 6.92 Å². The van der Waals surface area contributed by atoms with Crippen molar-refractivity contribution in [2.45, 2.75) is 19.9 Å². The lowest BCUT2D eigenvalue weighted by Crippen LogP contribution is -2.34. The number of methoxy groups -OCH3 is 1. The van der Waals surface area contributed by atoms with E-state index >= 15 is 0 Å². The molecule has 0 radical (unpaired) electrons. The summed E-state index contributed by atoms with van der Waals surface area (Å²) in [5.41, 5.74) is 0. The topological polar surface area (TPSA) is 108 Å². The Hall–Kier alpha value is -2.45. The molecule has 0 fully saturated rings. The third-order valence-corrected chi connectivity index (χ3v) is 2.97. The first-order chi connectivity index (χ1) is 9.85. The molecule has 0 spiro atoms. The lowest BCUT2D eigenvalue weighted by atomic mass is 10.1. The second-order valence-corrected chi connectivity index (χ2v) is 4.68. The van der Waals surface area contributed by atoms with Gasteiger partial charge in [-0.25, -0.2) is 0 Å². The zero-order valence-corrected chi connectivity index (χ0v) is 12.2. The van der Waals surface area contributed by atoms with Crippen LogP contribution in [0.2, 0.25) is 0 Å². The van der Waals surface area contributed by atoms with Crippen LogP contribution in [0.5, 0.6) is 0 Å². The number of carbonyl (C=O) groups is 2. The van der Waals surface area contributed by atoms with E-state index in [0.29, 0.717) is 0 Å². The Balaban J connectivity index is 2.45. The van der Waals surface area contributed by atoms with E-state index in [1.54, 1.807) is 14.0 Å². The maximum absolute atomic E-state index is 11.9. The first-order valence-corrected chi connectivity index (χ1v) is 6.33. The molecule has 21 heavy (non-hydrogen) atoms. The number of hydrogen-bond acceptors (Lipinski definition) is 6. The normalized spacial score (nSPS) is 11.8. The van der Waals surface area contributed by atoms with Gasteiger partial charge < -0.3 is 24.3 Å². The molecule has 0 aliphatic carbocycles. The molecule has 1 amide bonds. The second-order valence-electron chi connectivity index (χ2n) is 4.68. The minimum atomic E-state index is -0.595. The summed E-state index contributed by atoms with van der Waals surface area (Å²) >= 11 is 0.